The summed E-state index contributed by atoms with van der Waals surface area (Å²) in [5.41, 5.74) is 0.782. The third kappa shape index (κ3) is 4.84. The zero-order chi connectivity index (χ0) is 19.4. The molecule has 0 bridgehead atoms. The summed E-state index contributed by atoms with van der Waals surface area (Å²) < 4.78 is 33.9. The Morgan fingerprint density at radius 1 is 1.33 bits per heavy atom. The first-order valence-electron chi connectivity index (χ1n) is 8.51. The van der Waals surface area contributed by atoms with E-state index in [0.29, 0.717) is 25.4 Å². The van der Waals surface area contributed by atoms with Gasteiger partial charge >= 0.3 is 6.61 Å². The van der Waals surface area contributed by atoms with E-state index in [-0.39, 0.29) is 24.0 Å². The van der Waals surface area contributed by atoms with Crippen molar-refractivity contribution in [2.24, 2.45) is 5.92 Å². The highest BCUT2D eigenvalue weighted by molar-refractivity contribution is 5.89. The van der Waals surface area contributed by atoms with Gasteiger partial charge in [-0.2, -0.15) is 8.78 Å². The molecule has 0 N–H and O–H groups in total. The number of alkyl halides is 2. The van der Waals surface area contributed by atoms with Gasteiger partial charge in [0.2, 0.25) is 11.8 Å². The van der Waals surface area contributed by atoms with Crippen molar-refractivity contribution in [2.75, 3.05) is 13.6 Å². The number of benzene rings is 1. The molecule has 6 nitrogen and oxygen atoms in total. The number of nitrogens with zero attached hydrogens (tertiary/aromatic N) is 2. The normalized spacial score (nSPS) is 16.8. The second-order valence-electron chi connectivity index (χ2n) is 6.47. The van der Waals surface area contributed by atoms with Crippen molar-refractivity contribution in [3.63, 3.8) is 0 Å². The monoisotopic (exact) mass is 378 g/mol. The fourth-order valence-corrected chi connectivity index (χ4v) is 3.12. The molecular formula is C19H20F2N2O4. The van der Waals surface area contributed by atoms with Crippen LogP contribution in [0.5, 0.6) is 5.75 Å². The molecule has 0 spiro atoms. The molecule has 0 aliphatic carbocycles. The quantitative estimate of drug-likeness (QED) is 0.743. The third-order valence-electron chi connectivity index (χ3n) is 4.44. The minimum atomic E-state index is -2.87. The molecule has 1 aliphatic rings. The maximum Gasteiger partial charge on any atom is 0.387 e. The van der Waals surface area contributed by atoms with Crippen LogP contribution in [0.25, 0.3) is 0 Å². The largest absolute Gasteiger partial charge is 0.467 e. The molecule has 1 saturated heterocycles. The van der Waals surface area contributed by atoms with Crippen LogP contribution in [0.2, 0.25) is 0 Å². The Morgan fingerprint density at radius 2 is 2.07 bits per heavy atom. The van der Waals surface area contributed by atoms with Crippen molar-refractivity contribution in [3.05, 3.63) is 54.0 Å². The fourth-order valence-electron chi connectivity index (χ4n) is 3.12. The lowest BCUT2D eigenvalue weighted by atomic mass is 10.1. The number of furan rings is 1. The average Bonchev–Trinajstić information content (AvgIpc) is 3.26. The molecule has 0 radical (unpaired) electrons. The number of halogens is 2. The lowest BCUT2D eigenvalue weighted by Gasteiger charge is -2.21. The Labute approximate surface area is 155 Å². The van der Waals surface area contributed by atoms with Gasteiger partial charge in [-0.3, -0.25) is 9.59 Å². The molecule has 2 aromatic rings. The van der Waals surface area contributed by atoms with Gasteiger partial charge in [0, 0.05) is 26.6 Å². The van der Waals surface area contributed by atoms with E-state index in [4.69, 9.17) is 4.42 Å². The van der Waals surface area contributed by atoms with Gasteiger partial charge in [0.25, 0.3) is 0 Å². The number of carbonyl (C=O) groups is 2. The topological polar surface area (TPSA) is 63.0 Å². The zero-order valence-corrected chi connectivity index (χ0v) is 14.8. The molecule has 0 saturated carbocycles. The molecule has 2 amide bonds. The lowest BCUT2D eigenvalue weighted by molar-refractivity contribution is -0.135. The van der Waals surface area contributed by atoms with Crippen LogP contribution < -0.4 is 4.74 Å². The van der Waals surface area contributed by atoms with Gasteiger partial charge in [0.15, 0.2) is 0 Å². The van der Waals surface area contributed by atoms with Crippen LogP contribution in [0, 0.1) is 5.92 Å². The summed E-state index contributed by atoms with van der Waals surface area (Å²) >= 11 is 0. The van der Waals surface area contributed by atoms with Crippen LogP contribution in [0.3, 0.4) is 0 Å². The first-order chi connectivity index (χ1) is 12.9. The van der Waals surface area contributed by atoms with Gasteiger partial charge in [-0.05, 0) is 29.8 Å². The smallest absolute Gasteiger partial charge is 0.387 e. The molecule has 8 heteroatoms. The van der Waals surface area contributed by atoms with Gasteiger partial charge in [-0.15, -0.1) is 0 Å². The Bertz CT molecular complexity index is 778. The molecule has 144 valence electrons. The van der Waals surface area contributed by atoms with Gasteiger partial charge in [-0.25, -0.2) is 0 Å². The molecule has 1 unspecified atom stereocenters. The highest BCUT2D eigenvalue weighted by Crippen LogP contribution is 2.23. The summed E-state index contributed by atoms with van der Waals surface area (Å²) in [5.74, 6) is 0.136. The predicted octanol–water partition coefficient (Wildman–Crippen LogP) is 2.89. The molecule has 27 heavy (non-hydrogen) atoms. The minimum Gasteiger partial charge on any atom is -0.467 e. The molecule has 1 aliphatic heterocycles. The summed E-state index contributed by atoms with van der Waals surface area (Å²) in [6.45, 7) is -1.85. The van der Waals surface area contributed by atoms with Crippen molar-refractivity contribution in [3.8, 4) is 5.75 Å². The molecule has 3 rings (SSSR count). The van der Waals surface area contributed by atoms with Crippen LogP contribution in [0.15, 0.2) is 47.1 Å². The summed E-state index contributed by atoms with van der Waals surface area (Å²) in [6.07, 6.45) is 1.72. The van der Waals surface area contributed by atoms with E-state index in [1.54, 1.807) is 42.5 Å². The second kappa shape index (κ2) is 8.20. The van der Waals surface area contributed by atoms with Crippen LogP contribution in [-0.4, -0.2) is 41.8 Å². The molecule has 1 aromatic heterocycles. The fraction of sp³-hybridized carbons (Fsp3) is 0.368. The average molecular weight is 378 g/mol. The van der Waals surface area contributed by atoms with Gasteiger partial charge in [-0.1, -0.05) is 12.1 Å². The Morgan fingerprint density at radius 3 is 2.70 bits per heavy atom. The van der Waals surface area contributed by atoms with E-state index in [1.165, 1.54) is 17.0 Å². The van der Waals surface area contributed by atoms with E-state index in [0.717, 1.165) is 5.56 Å². The number of amides is 2. The van der Waals surface area contributed by atoms with Crippen molar-refractivity contribution in [2.45, 2.75) is 26.1 Å². The van der Waals surface area contributed by atoms with Crippen molar-refractivity contribution >= 4 is 11.8 Å². The molecular weight excluding hydrogens is 358 g/mol. The Kier molecular flexibility index (Phi) is 5.73. The first kappa shape index (κ1) is 18.9. The maximum absolute atomic E-state index is 12.7. The van der Waals surface area contributed by atoms with Crippen LogP contribution >= 0.6 is 0 Å². The minimum absolute atomic E-state index is 0.0673. The lowest BCUT2D eigenvalue weighted by Crippen LogP contribution is -2.34. The van der Waals surface area contributed by atoms with E-state index >= 15 is 0 Å². The van der Waals surface area contributed by atoms with Crippen molar-refractivity contribution in [1.82, 2.24) is 9.80 Å². The number of carbonyl (C=O) groups excluding carboxylic acids is 2. The van der Waals surface area contributed by atoms with E-state index in [9.17, 15) is 18.4 Å². The maximum atomic E-state index is 12.7. The number of hydrogen-bond acceptors (Lipinski definition) is 4. The van der Waals surface area contributed by atoms with Crippen molar-refractivity contribution in [1.29, 1.82) is 0 Å². The highest BCUT2D eigenvalue weighted by Gasteiger charge is 2.36. The highest BCUT2D eigenvalue weighted by atomic mass is 19.3. The van der Waals surface area contributed by atoms with Crippen molar-refractivity contribution < 1.29 is 27.5 Å². The number of hydrogen-bond donors (Lipinski definition) is 0. The van der Waals surface area contributed by atoms with E-state index in [1.807, 2.05) is 0 Å². The summed E-state index contributed by atoms with van der Waals surface area (Å²) in [5, 5.41) is 0. The predicted molar refractivity (Wildman–Crippen MR) is 91.8 cm³/mol. The second-order valence-corrected chi connectivity index (χ2v) is 6.47. The molecule has 1 atom stereocenters. The Hall–Kier alpha value is -2.90. The SMILES string of the molecule is CN(Cc1ccc(OC(F)F)cc1)C(=O)C1CC(=O)N(Cc2ccco2)C1. The number of rotatable bonds is 7. The molecule has 1 fully saturated rings. The zero-order valence-electron chi connectivity index (χ0n) is 14.8. The van der Waals surface area contributed by atoms with E-state index < -0.39 is 12.5 Å². The van der Waals surface area contributed by atoms with E-state index in [2.05, 4.69) is 4.74 Å². The Balaban J connectivity index is 1.55. The number of ether oxygens (including phenoxy) is 1. The summed E-state index contributed by atoms with van der Waals surface area (Å²) in [6, 6.07) is 9.67. The van der Waals surface area contributed by atoms with Gasteiger partial charge < -0.3 is 19.0 Å². The summed E-state index contributed by atoms with van der Waals surface area (Å²) in [7, 11) is 1.66. The molecule has 2 heterocycles. The first-order valence-corrected chi connectivity index (χ1v) is 8.51. The third-order valence-corrected chi connectivity index (χ3v) is 4.44. The standard InChI is InChI=1S/C19H20F2N2O4/c1-22(10-13-4-6-15(7-5-13)27-19(20)21)18(25)14-9-17(24)23(11-14)12-16-3-2-8-26-16/h2-8,14,19H,9-12H2,1H3. The summed E-state index contributed by atoms with van der Waals surface area (Å²) in [4.78, 5) is 28.0. The molecule has 1 aromatic carbocycles. The van der Waals surface area contributed by atoms with Crippen LogP contribution in [0.1, 0.15) is 17.7 Å². The number of likely N-dealkylation sites (tertiary alicyclic amines) is 1. The van der Waals surface area contributed by atoms with Crippen LogP contribution in [0.4, 0.5) is 8.78 Å². The van der Waals surface area contributed by atoms with Gasteiger partial charge in [0.1, 0.15) is 11.5 Å². The van der Waals surface area contributed by atoms with Crippen LogP contribution in [-0.2, 0) is 22.7 Å². The van der Waals surface area contributed by atoms with Gasteiger partial charge in [0.05, 0.1) is 18.7 Å².